The highest BCUT2D eigenvalue weighted by Gasteiger charge is 2.23. The number of hydrogen-bond donors (Lipinski definition) is 4. The molecule has 0 aromatic carbocycles. The third-order valence-electron chi connectivity index (χ3n) is 1.26. The standard InChI is InChI=1S/C6H15N3O2/c1-6(2,11)4(10)3-9-5(7)8/h4,10-11H,3H2,1-2H3,(H4,7,8,9). The number of rotatable bonds is 3. The first kappa shape index (κ1) is 10.2. The SMILES string of the molecule is CC(C)(O)C(O)CN=C(N)N. The fourth-order valence-electron chi connectivity index (χ4n) is 0.415. The second kappa shape index (κ2) is 3.54. The Morgan fingerprint density at radius 2 is 2.00 bits per heavy atom. The van der Waals surface area contributed by atoms with Crippen molar-refractivity contribution in [3.63, 3.8) is 0 Å². The average Bonchev–Trinajstić information content (AvgIpc) is 1.80. The van der Waals surface area contributed by atoms with Crippen molar-refractivity contribution < 1.29 is 10.2 Å². The van der Waals surface area contributed by atoms with Crippen molar-refractivity contribution in [3.05, 3.63) is 0 Å². The summed E-state index contributed by atoms with van der Waals surface area (Å²) in [5.41, 5.74) is 8.87. The normalized spacial score (nSPS) is 14.2. The van der Waals surface area contributed by atoms with Crippen molar-refractivity contribution in [3.8, 4) is 0 Å². The van der Waals surface area contributed by atoms with Crippen LogP contribution in [-0.2, 0) is 0 Å². The number of hydrogen-bond acceptors (Lipinski definition) is 3. The second-order valence-electron chi connectivity index (χ2n) is 2.94. The van der Waals surface area contributed by atoms with Gasteiger partial charge in [0, 0.05) is 0 Å². The van der Waals surface area contributed by atoms with Crippen LogP contribution in [0.1, 0.15) is 13.8 Å². The maximum atomic E-state index is 9.20. The van der Waals surface area contributed by atoms with E-state index in [0.29, 0.717) is 0 Å². The second-order valence-corrected chi connectivity index (χ2v) is 2.94. The van der Waals surface area contributed by atoms with Crippen molar-refractivity contribution in [2.75, 3.05) is 6.54 Å². The van der Waals surface area contributed by atoms with Gasteiger partial charge < -0.3 is 21.7 Å². The maximum absolute atomic E-state index is 9.20. The average molecular weight is 161 g/mol. The summed E-state index contributed by atoms with van der Waals surface area (Å²) in [6, 6.07) is 0. The molecule has 0 aliphatic heterocycles. The molecule has 0 amide bonds. The van der Waals surface area contributed by atoms with E-state index >= 15 is 0 Å². The van der Waals surface area contributed by atoms with Gasteiger partial charge in [0.05, 0.1) is 12.1 Å². The van der Waals surface area contributed by atoms with Crippen LogP contribution >= 0.6 is 0 Å². The molecule has 0 spiro atoms. The Hall–Kier alpha value is -0.810. The lowest BCUT2D eigenvalue weighted by molar-refractivity contribution is -0.0420. The van der Waals surface area contributed by atoms with Crippen LogP contribution in [-0.4, -0.2) is 34.4 Å². The van der Waals surface area contributed by atoms with E-state index in [-0.39, 0.29) is 12.5 Å². The van der Waals surface area contributed by atoms with Gasteiger partial charge in [0.2, 0.25) is 0 Å². The number of nitrogens with two attached hydrogens (primary N) is 2. The minimum atomic E-state index is -1.17. The molecule has 0 aromatic heterocycles. The Morgan fingerprint density at radius 3 is 2.27 bits per heavy atom. The molecule has 5 heteroatoms. The number of nitrogens with zero attached hydrogens (tertiary/aromatic N) is 1. The van der Waals surface area contributed by atoms with Gasteiger partial charge in [-0.3, -0.25) is 4.99 Å². The van der Waals surface area contributed by atoms with Gasteiger partial charge in [0.15, 0.2) is 5.96 Å². The monoisotopic (exact) mass is 161 g/mol. The van der Waals surface area contributed by atoms with E-state index in [0.717, 1.165) is 0 Å². The molecule has 0 saturated heterocycles. The number of aliphatic hydroxyl groups excluding tert-OH is 1. The first-order chi connectivity index (χ1) is 4.84. The Labute approximate surface area is 65.7 Å². The molecule has 1 unspecified atom stereocenters. The lowest BCUT2D eigenvalue weighted by Gasteiger charge is -2.22. The molecule has 5 nitrogen and oxygen atoms in total. The molecule has 0 radical (unpaired) electrons. The van der Waals surface area contributed by atoms with Crippen molar-refractivity contribution in [1.29, 1.82) is 0 Å². The van der Waals surface area contributed by atoms with E-state index < -0.39 is 11.7 Å². The summed E-state index contributed by atoms with van der Waals surface area (Å²) in [5, 5.41) is 18.4. The lowest BCUT2D eigenvalue weighted by atomic mass is 10.0. The fourth-order valence-corrected chi connectivity index (χ4v) is 0.415. The van der Waals surface area contributed by atoms with Crippen LogP contribution in [0, 0.1) is 0 Å². The zero-order chi connectivity index (χ0) is 9.07. The molecular weight excluding hydrogens is 146 g/mol. The van der Waals surface area contributed by atoms with Crippen molar-refractivity contribution >= 4 is 5.96 Å². The van der Waals surface area contributed by atoms with Gasteiger partial charge in [-0.25, -0.2) is 0 Å². The van der Waals surface area contributed by atoms with Crippen molar-refractivity contribution in [2.24, 2.45) is 16.5 Å². The van der Waals surface area contributed by atoms with E-state index in [1.54, 1.807) is 0 Å². The van der Waals surface area contributed by atoms with Crippen LogP contribution < -0.4 is 11.5 Å². The smallest absolute Gasteiger partial charge is 0.186 e. The first-order valence-electron chi connectivity index (χ1n) is 3.30. The fraction of sp³-hybridized carbons (Fsp3) is 0.833. The summed E-state index contributed by atoms with van der Waals surface area (Å²) in [5.74, 6) is -0.0895. The van der Waals surface area contributed by atoms with E-state index in [2.05, 4.69) is 4.99 Å². The van der Waals surface area contributed by atoms with Crippen LogP contribution in [0.15, 0.2) is 4.99 Å². The largest absolute Gasteiger partial charge is 0.388 e. The third kappa shape index (κ3) is 4.58. The predicted octanol–water partition coefficient (Wildman–Crippen LogP) is -1.61. The minimum Gasteiger partial charge on any atom is -0.388 e. The minimum absolute atomic E-state index is 0.0197. The molecule has 0 aliphatic rings. The van der Waals surface area contributed by atoms with Crippen LogP contribution in [0.2, 0.25) is 0 Å². The predicted molar refractivity (Wildman–Crippen MR) is 43.0 cm³/mol. The summed E-state index contributed by atoms with van der Waals surface area (Å²) >= 11 is 0. The molecule has 0 aliphatic carbocycles. The summed E-state index contributed by atoms with van der Waals surface area (Å²) < 4.78 is 0. The van der Waals surface area contributed by atoms with Gasteiger partial charge in [-0.05, 0) is 13.8 Å². The molecule has 11 heavy (non-hydrogen) atoms. The zero-order valence-corrected chi connectivity index (χ0v) is 6.78. The highest BCUT2D eigenvalue weighted by molar-refractivity contribution is 5.75. The summed E-state index contributed by atoms with van der Waals surface area (Å²) in [4.78, 5) is 3.55. The number of aliphatic imine (C=N–C) groups is 1. The molecule has 0 heterocycles. The Morgan fingerprint density at radius 1 is 1.55 bits per heavy atom. The first-order valence-corrected chi connectivity index (χ1v) is 3.30. The van der Waals surface area contributed by atoms with Crippen LogP contribution in [0.3, 0.4) is 0 Å². The van der Waals surface area contributed by atoms with Gasteiger partial charge in [-0.1, -0.05) is 0 Å². The molecule has 0 saturated carbocycles. The maximum Gasteiger partial charge on any atom is 0.186 e. The molecular formula is C6H15N3O2. The summed E-state index contributed by atoms with van der Waals surface area (Å²) in [7, 11) is 0. The molecule has 0 rings (SSSR count). The van der Waals surface area contributed by atoms with Crippen molar-refractivity contribution in [1.82, 2.24) is 0 Å². The molecule has 0 aromatic rings. The molecule has 1 atom stereocenters. The van der Waals surface area contributed by atoms with Crippen LogP contribution in [0.5, 0.6) is 0 Å². The number of aliphatic hydroxyl groups is 2. The van der Waals surface area contributed by atoms with E-state index in [4.69, 9.17) is 16.6 Å². The molecule has 66 valence electrons. The van der Waals surface area contributed by atoms with Gasteiger partial charge in [-0.15, -0.1) is 0 Å². The Kier molecular flexibility index (Phi) is 3.28. The molecule has 0 bridgehead atoms. The highest BCUT2D eigenvalue weighted by atomic mass is 16.3. The Bertz CT molecular complexity index is 146. The van der Waals surface area contributed by atoms with Gasteiger partial charge in [0.25, 0.3) is 0 Å². The summed E-state index contributed by atoms with van der Waals surface area (Å²) in [6.45, 7) is 2.99. The summed E-state index contributed by atoms with van der Waals surface area (Å²) in [6.07, 6.45) is -0.940. The van der Waals surface area contributed by atoms with E-state index in [9.17, 15) is 5.11 Å². The van der Waals surface area contributed by atoms with Gasteiger partial charge in [-0.2, -0.15) is 0 Å². The highest BCUT2D eigenvalue weighted by Crippen LogP contribution is 2.07. The lowest BCUT2D eigenvalue weighted by Crippen LogP contribution is -2.39. The van der Waals surface area contributed by atoms with E-state index in [1.165, 1.54) is 13.8 Å². The van der Waals surface area contributed by atoms with Crippen molar-refractivity contribution in [2.45, 2.75) is 25.6 Å². The molecule has 0 fully saturated rings. The zero-order valence-electron chi connectivity index (χ0n) is 6.78. The van der Waals surface area contributed by atoms with E-state index in [1.807, 2.05) is 0 Å². The van der Waals surface area contributed by atoms with Crippen LogP contribution in [0.25, 0.3) is 0 Å². The Balaban J connectivity index is 3.89. The molecule has 6 N–H and O–H groups in total. The van der Waals surface area contributed by atoms with Gasteiger partial charge in [0.1, 0.15) is 6.10 Å². The topological polar surface area (TPSA) is 105 Å². The van der Waals surface area contributed by atoms with Gasteiger partial charge >= 0.3 is 0 Å². The number of guanidine groups is 1. The quantitative estimate of drug-likeness (QED) is 0.295. The third-order valence-corrected chi connectivity index (χ3v) is 1.26. The van der Waals surface area contributed by atoms with Crippen LogP contribution in [0.4, 0.5) is 0 Å².